The molecular formula is C24H24N2O2S. The van der Waals surface area contributed by atoms with Crippen LogP contribution in [0, 0.1) is 0 Å². The highest BCUT2D eigenvalue weighted by molar-refractivity contribution is 7.07. The van der Waals surface area contributed by atoms with Gasteiger partial charge in [0.25, 0.3) is 0 Å². The summed E-state index contributed by atoms with van der Waals surface area (Å²) in [6.45, 7) is 0.654. The molecule has 2 aromatic heterocycles. The van der Waals surface area contributed by atoms with E-state index in [1.165, 1.54) is 16.5 Å². The summed E-state index contributed by atoms with van der Waals surface area (Å²) in [7, 11) is 3.54. The molecule has 0 saturated carbocycles. The number of hydrogen-bond donors (Lipinski definition) is 1. The Morgan fingerprint density at radius 3 is 2.62 bits per heavy atom. The molecule has 1 N–H and O–H groups in total. The third-order valence-electron chi connectivity index (χ3n) is 5.21. The van der Waals surface area contributed by atoms with Crippen LogP contribution in [0.25, 0.3) is 22.2 Å². The Hall–Kier alpha value is -3.05. The van der Waals surface area contributed by atoms with Gasteiger partial charge in [0.1, 0.15) is 5.75 Å². The van der Waals surface area contributed by atoms with E-state index in [1.807, 2.05) is 41.6 Å². The van der Waals surface area contributed by atoms with Crippen molar-refractivity contribution >= 4 is 28.1 Å². The van der Waals surface area contributed by atoms with E-state index in [-0.39, 0.29) is 5.91 Å². The fourth-order valence-corrected chi connectivity index (χ4v) is 4.29. The van der Waals surface area contributed by atoms with E-state index >= 15 is 0 Å². The Labute approximate surface area is 174 Å². The average Bonchev–Trinajstić information content (AvgIpc) is 3.39. The topological polar surface area (TPSA) is 45.3 Å². The monoisotopic (exact) mass is 404 g/mol. The second-order valence-corrected chi connectivity index (χ2v) is 7.91. The van der Waals surface area contributed by atoms with Crippen LogP contribution in [0.4, 0.5) is 0 Å². The second-order valence-electron chi connectivity index (χ2n) is 7.13. The number of aromatic amines is 1. The van der Waals surface area contributed by atoms with Crippen molar-refractivity contribution < 1.29 is 9.53 Å². The number of aromatic nitrogens is 1. The van der Waals surface area contributed by atoms with Crippen molar-refractivity contribution in [2.45, 2.75) is 19.4 Å². The van der Waals surface area contributed by atoms with Gasteiger partial charge in [0.05, 0.1) is 7.11 Å². The lowest BCUT2D eigenvalue weighted by Crippen LogP contribution is -2.26. The number of ether oxygens (including phenoxy) is 1. The largest absolute Gasteiger partial charge is 0.497 e. The molecule has 29 heavy (non-hydrogen) atoms. The number of benzene rings is 2. The second kappa shape index (κ2) is 8.53. The van der Waals surface area contributed by atoms with Gasteiger partial charge in [-0.05, 0) is 70.3 Å². The predicted molar refractivity (Wildman–Crippen MR) is 119 cm³/mol. The molecule has 0 atom stereocenters. The quantitative estimate of drug-likeness (QED) is 0.442. The molecule has 0 unspecified atom stereocenters. The average molecular weight is 405 g/mol. The van der Waals surface area contributed by atoms with Crippen LogP contribution in [0.5, 0.6) is 5.75 Å². The van der Waals surface area contributed by atoms with Crippen LogP contribution in [0.1, 0.15) is 17.5 Å². The molecule has 2 heterocycles. The van der Waals surface area contributed by atoms with Crippen molar-refractivity contribution in [2.24, 2.45) is 0 Å². The minimum atomic E-state index is 0.155. The number of nitrogens with zero attached hydrogens (tertiary/aromatic N) is 1. The van der Waals surface area contributed by atoms with Crippen LogP contribution in [-0.4, -0.2) is 29.9 Å². The number of fused-ring (bicyclic) bond motifs is 1. The lowest BCUT2D eigenvalue weighted by molar-refractivity contribution is -0.130. The van der Waals surface area contributed by atoms with E-state index < -0.39 is 0 Å². The van der Waals surface area contributed by atoms with Gasteiger partial charge in [0.2, 0.25) is 5.91 Å². The van der Waals surface area contributed by atoms with Gasteiger partial charge in [-0.2, -0.15) is 11.3 Å². The molecule has 4 nitrogen and oxygen atoms in total. The lowest BCUT2D eigenvalue weighted by Gasteiger charge is -2.16. The Balaban J connectivity index is 1.57. The standard InChI is InChI=1S/C24H24N2O2S/c1-26(15-17-13-14-29-16-17)23(27)12-11-21-20-5-3-4-6-22(20)25-24(21)18-7-9-19(28-2)10-8-18/h3-10,13-14,16,25H,11-12,15H2,1-2H3. The van der Waals surface area contributed by atoms with Gasteiger partial charge in [-0.1, -0.05) is 18.2 Å². The van der Waals surface area contributed by atoms with Crippen molar-refractivity contribution in [1.82, 2.24) is 9.88 Å². The van der Waals surface area contributed by atoms with Gasteiger partial charge in [-0.15, -0.1) is 0 Å². The third-order valence-corrected chi connectivity index (χ3v) is 5.94. The Morgan fingerprint density at radius 1 is 1.10 bits per heavy atom. The molecule has 0 aliphatic heterocycles. The number of para-hydroxylation sites is 1. The summed E-state index contributed by atoms with van der Waals surface area (Å²) in [4.78, 5) is 18.1. The number of carbonyl (C=O) groups excluding carboxylic acids is 1. The molecule has 0 saturated heterocycles. The normalized spacial score (nSPS) is 11.0. The van der Waals surface area contributed by atoms with Crippen LogP contribution >= 0.6 is 11.3 Å². The zero-order valence-electron chi connectivity index (χ0n) is 16.6. The van der Waals surface area contributed by atoms with E-state index in [1.54, 1.807) is 18.4 Å². The van der Waals surface area contributed by atoms with Crippen LogP contribution in [0.3, 0.4) is 0 Å². The van der Waals surface area contributed by atoms with Crippen LogP contribution in [0.2, 0.25) is 0 Å². The zero-order valence-corrected chi connectivity index (χ0v) is 17.5. The van der Waals surface area contributed by atoms with Crippen molar-refractivity contribution in [3.8, 4) is 17.0 Å². The smallest absolute Gasteiger partial charge is 0.222 e. The molecule has 0 aliphatic rings. The fourth-order valence-electron chi connectivity index (χ4n) is 3.63. The first-order chi connectivity index (χ1) is 14.2. The number of thiophene rings is 1. The van der Waals surface area contributed by atoms with E-state index in [9.17, 15) is 4.79 Å². The highest BCUT2D eigenvalue weighted by Gasteiger charge is 2.16. The van der Waals surface area contributed by atoms with Crippen molar-refractivity contribution in [2.75, 3.05) is 14.2 Å². The summed E-state index contributed by atoms with van der Waals surface area (Å²) < 4.78 is 5.28. The number of nitrogens with one attached hydrogen (secondary N) is 1. The summed E-state index contributed by atoms with van der Waals surface area (Å²) in [5.74, 6) is 0.985. The molecule has 0 bridgehead atoms. The number of amides is 1. The van der Waals surface area contributed by atoms with Crippen molar-refractivity contribution in [1.29, 1.82) is 0 Å². The van der Waals surface area contributed by atoms with Gasteiger partial charge in [0, 0.05) is 36.6 Å². The van der Waals surface area contributed by atoms with Gasteiger partial charge in [-0.25, -0.2) is 0 Å². The van der Waals surface area contributed by atoms with Gasteiger partial charge >= 0.3 is 0 Å². The molecule has 0 fully saturated rings. The Morgan fingerprint density at radius 2 is 1.90 bits per heavy atom. The van der Waals surface area contributed by atoms with Crippen molar-refractivity contribution in [3.05, 3.63) is 76.5 Å². The lowest BCUT2D eigenvalue weighted by atomic mass is 10.0. The van der Waals surface area contributed by atoms with Gasteiger partial charge < -0.3 is 14.6 Å². The van der Waals surface area contributed by atoms with Gasteiger partial charge in [0.15, 0.2) is 0 Å². The first-order valence-electron chi connectivity index (χ1n) is 9.65. The first kappa shape index (κ1) is 19.3. The van der Waals surface area contributed by atoms with Gasteiger partial charge in [-0.3, -0.25) is 4.79 Å². The molecule has 0 aliphatic carbocycles. The number of H-pyrrole nitrogens is 1. The van der Waals surface area contributed by atoms with Crippen LogP contribution < -0.4 is 4.74 Å². The highest BCUT2D eigenvalue weighted by Crippen LogP contribution is 2.32. The number of carbonyl (C=O) groups is 1. The molecule has 5 heteroatoms. The predicted octanol–water partition coefficient (Wildman–Crippen LogP) is 5.50. The maximum atomic E-state index is 12.7. The Kier molecular flexibility index (Phi) is 5.67. The molecule has 4 rings (SSSR count). The molecular weight excluding hydrogens is 380 g/mol. The maximum absolute atomic E-state index is 12.7. The summed E-state index contributed by atoms with van der Waals surface area (Å²) in [5.41, 5.74) is 5.62. The molecule has 0 spiro atoms. The van der Waals surface area contributed by atoms with Crippen LogP contribution in [0.15, 0.2) is 65.4 Å². The molecule has 148 valence electrons. The van der Waals surface area contributed by atoms with E-state index in [2.05, 4.69) is 40.7 Å². The maximum Gasteiger partial charge on any atom is 0.222 e. The first-order valence-corrected chi connectivity index (χ1v) is 10.6. The number of methoxy groups -OCH3 is 1. The highest BCUT2D eigenvalue weighted by atomic mass is 32.1. The third kappa shape index (κ3) is 4.20. The molecule has 0 radical (unpaired) electrons. The zero-order chi connectivity index (χ0) is 20.2. The molecule has 1 amide bonds. The SMILES string of the molecule is COc1ccc(-c2[nH]c3ccccc3c2CCC(=O)N(C)Cc2ccsc2)cc1. The molecule has 4 aromatic rings. The van der Waals surface area contributed by atoms with Crippen LogP contribution in [-0.2, 0) is 17.8 Å². The summed E-state index contributed by atoms with van der Waals surface area (Å²) in [6.07, 6.45) is 1.17. The van der Waals surface area contributed by atoms with E-state index in [4.69, 9.17) is 4.74 Å². The van der Waals surface area contributed by atoms with Crippen molar-refractivity contribution in [3.63, 3.8) is 0 Å². The number of aryl methyl sites for hydroxylation is 1. The summed E-state index contributed by atoms with van der Waals surface area (Å²) in [5, 5.41) is 5.30. The summed E-state index contributed by atoms with van der Waals surface area (Å²) in [6, 6.07) is 18.4. The van der Waals surface area contributed by atoms with E-state index in [0.717, 1.165) is 22.5 Å². The molecule has 2 aromatic carbocycles. The summed E-state index contributed by atoms with van der Waals surface area (Å²) >= 11 is 1.66. The Bertz CT molecular complexity index is 1100. The number of hydrogen-bond acceptors (Lipinski definition) is 3. The number of rotatable bonds is 7. The minimum Gasteiger partial charge on any atom is -0.497 e. The fraction of sp³-hybridized carbons (Fsp3) is 0.208. The minimum absolute atomic E-state index is 0.155. The van der Waals surface area contributed by atoms with E-state index in [0.29, 0.717) is 19.4 Å².